The summed E-state index contributed by atoms with van der Waals surface area (Å²) in [6.07, 6.45) is 1.88. The average Bonchev–Trinajstić information content (AvgIpc) is 1.93. The molecule has 1 aromatic heterocycles. The first kappa shape index (κ1) is 7.47. The molecule has 0 spiro atoms. The third kappa shape index (κ3) is 1.11. The Kier molecular flexibility index (Phi) is 1.90. The van der Waals surface area contributed by atoms with Crippen molar-refractivity contribution >= 4 is 15.4 Å². The van der Waals surface area contributed by atoms with E-state index in [0.717, 1.165) is 5.69 Å². The zero-order valence-electron chi connectivity index (χ0n) is 6.52. The summed E-state index contributed by atoms with van der Waals surface area (Å²) in [6, 6.07) is 0. The molecule has 0 amide bonds. The largest absolute Gasteiger partial charge is 0.261 e. The lowest BCUT2D eigenvalue weighted by Gasteiger charge is -2.05. The van der Waals surface area contributed by atoms with E-state index in [4.69, 9.17) is 0 Å². The van der Waals surface area contributed by atoms with Gasteiger partial charge < -0.3 is 0 Å². The van der Waals surface area contributed by atoms with Crippen LogP contribution in [0.5, 0.6) is 0 Å². The molecule has 0 fully saturated rings. The van der Waals surface area contributed by atoms with Crippen LogP contribution in [0.4, 0.5) is 0 Å². The summed E-state index contributed by atoms with van der Waals surface area (Å²) in [5.41, 5.74) is 3.52. The number of hydrogen-bond acceptors (Lipinski definition) is 1. The molecule has 10 heavy (non-hydrogen) atoms. The van der Waals surface area contributed by atoms with Gasteiger partial charge in [0.25, 0.3) is 0 Å². The van der Waals surface area contributed by atoms with E-state index in [1.807, 2.05) is 20.0 Å². The van der Waals surface area contributed by atoms with Crippen molar-refractivity contribution in [1.29, 1.82) is 0 Å². The van der Waals surface area contributed by atoms with Gasteiger partial charge in [-0.15, -0.1) is 0 Å². The van der Waals surface area contributed by atoms with Gasteiger partial charge in [-0.2, -0.15) is 0 Å². The molecule has 1 rings (SSSR count). The van der Waals surface area contributed by atoms with E-state index in [1.165, 1.54) is 16.3 Å². The lowest BCUT2D eigenvalue weighted by Crippen LogP contribution is -2.13. The molecule has 1 heterocycles. The standard InChI is InChI=1S/C8H10NSi/c1-5-4-9-7(3)6(2)8(5)10/h4H,1-3H3. The molecule has 2 heteroatoms. The number of pyridine rings is 1. The Hall–Kier alpha value is -0.633. The maximum atomic E-state index is 4.21. The smallest absolute Gasteiger partial charge is 0.0721 e. The topological polar surface area (TPSA) is 12.9 Å². The van der Waals surface area contributed by atoms with Crippen molar-refractivity contribution in [2.75, 3.05) is 0 Å². The minimum atomic E-state index is 1.09. The predicted molar refractivity (Wildman–Crippen MR) is 43.8 cm³/mol. The molecule has 0 unspecified atom stereocenters. The Bertz CT molecular complexity index is 229. The monoisotopic (exact) mass is 148 g/mol. The van der Waals surface area contributed by atoms with Crippen LogP contribution in [0.2, 0.25) is 0 Å². The summed E-state index contributed by atoms with van der Waals surface area (Å²) in [7, 11) is 3.54. The highest BCUT2D eigenvalue weighted by Crippen LogP contribution is 2.00. The van der Waals surface area contributed by atoms with Crippen LogP contribution in [0.25, 0.3) is 0 Å². The average molecular weight is 148 g/mol. The van der Waals surface area contributed by atoms with Crippen LogP contribution in [-0.2, 0) is 0 Å². The zero-order chi connectivity index (χ0) is 7.72. The van der Waals surface area contributed by atoms with E-state index < -0.39 is 0 Å². The quantitative estimate of drug-likeness (QED) is 0.496. The SMILES string of the molecule is Cc1cnc(C)c(C)c1[Si]. The molecule has 1 aromatic rings. The van der Waals surface area contributed by atoms with Gasteiger partial charge in [0.2, 0.25) is 0 Å². The normalized spacial score (nSPS) is 10.0. The van der Waals surface area contributed by atoms with Gasteiger partial charge in [0.1, 0.15) is 0 Å². The van der Waals surface area contributed by atoms with Gasteiger partial charge in [-0.3, -0.25) is 4.98 Å². The van der Waals surface area contributed by atoms with Crippen molar-refractivity contribution in [1.82, 2.24) is 4.98 Å². The van der Waals surface area contributed by atoms with Crippen molar-refractivity contribution < 1.29 is 0 Å². The van der Waals surface area contributed by atoms with E-state index in [9.17, 15) is 0 Å². The summed E-state index contributed by atoms with van der Waals surface area (Å²) in [6.45, 7) is 6.12. The van der Waals surface area contributed by atoms with Crippen LogP contribution in [0.1, 0.15) is 16.8 Å². The third-order valence-electron chi connectivity index (χ3n) is 1.76. The molecule has 0 aromatic carbocycles. The van der Waals surface area contributed by atoms with Gasteiger partial charge in [-0.05, 0) is 31.9 Å². The van der Waals surface area contributed by atoms with E-state index in [0.29, 0.717) is 0 Å². The van der Waals surface area contributed by atoms with Crippen molar-refractivity contribution in [3.8, 4) is 0 Å². The van der Waals surface area contributed by atoms with Crippen molar-refractivity contribution in [2.24, 2.45) is 0 Å². The fourth-order valence-corrected chi connectivity index (χ4v) is 1.08. The Balaban J connectivity index is 3.34. The van der Waals surface area contributed by atoms with Crippen LogP contribution in [0.3, 0.4) is 0 Å². The summed E-state index contributed by atoms with van der Waals surface area (Å²) >= 11 is 0. The highest BCUT2D eigenvalue weighted by molar-refractivity contribution is 6.34. The maximum Gasteiger partial charge on any atom is 0.0721 e. The molecule has 51 valence electrons. The lowest BCUT2D eigenvalue weighted by atomic mass is 10.2. The number of rotatable bonds is 0. The van der Waals surface area contributed by atoms with Crippen LogP contribution < -0.4 is 5.19 Å². The fraction of sp³-hybridized carbons (Fsp3) is 0.375. The van der Waals surface area contributed by atoms with Gasteiger partial charge in [-0.1, -0.05) is 5.19 Å². The third-order valence-corrected chi connectivity index (χ3v) is 2.53. The van der Waals surface area contributed by atoms with Crippen LogP contribution in [-0.4, -0.2) is 15.2 Å². The molecule has 0 N–H and O–H groups in total. The Labute approximate surface area is 64.9 Å². The van der Waals surface area contributed by atoms with Gasteiger partial charge in [0, 0.05) is 11.9 Å². The second kappa shape index (κ2) is 2.54. The van der Waals surface area contributed by atoms with Crippen LogP contribution in [0, 0.1) is 20.8 Å². The summed E-state index contributed by atoms with van der Waals surface area (Å²) in [4.78, 5) is 4.21. The first-order chi connectivity index (χ1) is 4.63. The predicted octanol–water partition coefficient (Wildman–Crippen LogP) is 0.801. The van der Waals surface area contributed by atoms with Crippen LogP contribution >= 0.6 is 0 Å². The summed E-state index contributed by atoms with van der Waals surface area (Å²) < 4.78 is 0. The number of aryl methyl sites for hydroxylation is 2. The highest BCUT2D eigenvalue weighted by atomic mass is 28.1. The molecule has 0 aliphatic heterocycles. The van der Waals surface area contributed by atoms with Crippen molar-refractivity contribution in [3.63, 3.8) is 0 Å². The molecule has 0 bridgehead atoms. The molecular formula is C8H10NSi. The Morgan fingerprint density at radius 1 is 1.30 bits per heavy atom. The second-order valence-electron chi connectivity index (χ2n) is 2.53. The molecule has 0 aliphatic rings. The first-order valence-electron chi connectivity index (χ1n) is 3.27. The van der Waals surface area contributed by atoms with Gasteiger partial charge >= 0.3 is 0 Å². The highest BCUT2D eigenvalue weighted by Gasteiger charge is 1.99. The van der Waals surface area contributed by atoms with Crippen molar-refractivity contribution in [2.45, 2.75) is 20.8 Å². The minimum absolute atomic E-state index is 1.09. The lowest BCUT2D eigenvalue weighted by molar-refractivity contribution is 1.14. The Morgan fingerprint density at radius 2 is 1.90 bits per heavy atom. The summed E-state index contributed by atoms with van der Waals surface area (Å²) in [5.74, 6) is 0. The number of hydrogen-bond donors (Lipinski definition) is 0. The van der Waals surface area contributed by atoms with E-state index >= 15 is 0 Å². The second-order valence-corrected chi connectivity index (χ2v) is 3.03. The minimum Gasteiger partial charge on any atom is -0.261 e. The molecule has 0 atom stereocenters. The molecular weight excluding hydrogens is 138 g/mol. The van der Waals surface area contributed by atoms with Gasteiger partial charge in [0.15, 0.2) is 0 Å². The Morgan fingerprint density at radius 3 is 2.40 bits per heavy atom. The molecule has 0 saturated carbocycles. The van der Waals surface area contributed by atoms with Gasteiger partial charge in [-0.25, -0.2) is 0 Å². The first-order valence-corrected chi connectivity index (χ1v) is 3.77. The maximum absolute atomic E-state index is 4.21. The molecule has 0 saturated heterocycles. The summed E-state index contributed by atoms with van der Waals surface area (Å²) in [5, 5.41) is 1.17. The van der Waals surface area contributed by atoms with Crippen LogP contribution in [0.15, 0.2) is 6.20 Å². The zero-order valence-corrected chi connectivity index (χ0v) is 7.52. The molecule has 0 aliphatic carbocycles. The molecule has 3 radical (unpaired) electrons. The number of aromatic nitrogens is 1. The van der Waals surface area contributed by atoms with E-state index in [2.05, 4.69) is 22.2 Å². The van der Waals surface area contributed by atoms with E-state index in [-0.39, 0.29) is 0 Å². The number of nitrogens with zero attached hydrogens (tertiary/aromatic N) is 1. The van der Waals surface area contributed by atoms with Crippen molar-refractivity contribution in [3.05, 3.63) is 23.0 Å². The fourth-order valence-electron chi connectivity index (χ4n) is 0.832. The van der Waals surface area contributed by atoms with E-state index in [1.54, 1.807) is 0 Å². The van der Waals surface area contributed by atoms with Gasteiger partial charge in [0.05, 0.1) is 10.2 Å². The molecule has 1 nitrogen and oxygen atoms in total.